The number of nitro benzene ring substituents is 1. The van der Waals surface area contributed by atoms with Crippen LogP contribution in [0.5, 0.6) is 0 Å². The van der Waals surface area contributed by atoms with Crippen molar-refractivity contribution in [3.05, 3.63) is 82.4 Å². The van der Waals surface area contributed by atoms with Gasteiger partial charge in [-0.25, -0.2) is 0 Å². The third-order valence-corrected chi connectivity index (χ3v) is 5.35. The average Bonchev–Trinajstić information content (AvgIpc) is 3.24. The third-order valence-electron chi connectivity index (χ3n) is 4.43. The summed E-state index contributed by atoms with van der Waals surface area (Å²) in [7, 11) is 0. The minimum atomic E-state index is -0.464. The van der Waals surface area contributed by atoms with Gasteiger partial charge in [0.05, 0.1) is 16.4 Å². The second-order valence-corrected chi connectivity index (χ2v) is 7.27. The van der Waals surface area contributed by atoms with Crippen LogP contribution >= 0.6 is 11.8 Å². The lowest BCUT2D eigenvalue weighted by Gasteiger charge is -2.08. The molecule has 0 aliphatic carbocycles. The number of tetrazole rings is 1. The van der Waals surface area contributed by atoms with E-state index < -0.39 is 4.92 Å². The molecule has 0 saturated heterocycles. The van der Waals surface area contributed by atoms with Gasteiger partial charge in [-0.2, -0.15) is 4.68 Å². The van der Waals surface area contributed by atoms with E-state index in [9.17, 15) is 14.9 Å². The molecule has 0 radical (unpaired) electrons. The number of para-hydroxylation sites is 1. The van der Waals surface area contributed by atoms with Gasteiger partial charge in [0.1, 0.15) is 0 Å². The number of nitro groups is 1. The molecule has 0 saturated carbocycles. The predicted octanol–water partition coefficient (Wildman–Crippen LogP) is 3.13. The van der Waals surface area contributed by atoms with Crippen LogP contribution < -0.4 is 5.32 Å². The number of nitrogens with one attached hydrogen (secondary N) is 1. The summed E-state index contributed by atoms with van der Waals surface area (Å²) >= 11 is 1.19. The third kappa shape index (κ3) is 4.13. The van der Waals surface area contributed by atoms with Crippen molar-refractivity contribution in [3.8, 4) is 5.69 Å². The molecule has 1 amide bonds. The molecule has 0 fully saturated rings. The van der Waals surface area contributed by atoms with Crippen molar-refractivity contribution >= 4 is 34.1 Å². The normalized spacial score (nSPS) is 10.8. The summed E-state index contributed by atoms with van der Waals surface area (Å²) in [4.78, 5) is 22.9. The van der Waals surface area contributed by atoms with E-state index in [0.29, 0.717) is 10.7 Å². The number of hydrogen-bond donors (Lipinski definition) is 1. The fourth-order valence-electron chi connectivity index (χ4n) is 3.03. The lowest BCUT2D eigenvalue weighted by molar-refractivity contribution is -0.385. The molecule has 0 atom stereocenters. The first-order valence-electron chi connectivity index (χ1n) is 9.02. The van der Waals surface area contributed by atoms with Crippen LogP contribution in [0.3, 0.4) is 0 Å². The van der Waals surface area contributed by atoms with Crippen molar-refractivity contribution < 1.29 is 9.72 Å². The highest BCUT2D eigenvalue weighted by molar-refractivity contribution is 7.99. The number of carbonyl (C=O) groups is 1. The number of fused-ring (bicyclic) bond motifs is 1. The molecule has 30 heavy (non-hydrogen) atoms. The van der Waals surface area contributed by atoms with Gasteiger partial charge in [0.15, 0.2) is 0 Å². The molecule has 1 heterocycles. The highest BCUT2D eigenvalue weighted by Gasteiger charge is 2.15. The Bertz CT molecular complexity index is 1220. The molecule has 0 aliphatic heterocycles. The van der Waals surface area contributed by atoms with Gasteiger partial charge in [0, 0.05) is 23.6 Å². The van der Waals surface area contributed by atoms with Crippen LogP contribution in [0.25, 0.3) is 16.5 Å². The first-order chi connectivity index (χ1) is 14.6. The molecule has 4 rings (SSSR count). The Morgan fingerprint density at radius 3 is 2.70 bits per heavy atom. The Labute approximate surface area is 175 Å². The fraction of sp³-hybridized carbons (Fsp3) is 0.100. The number of aromatic nitrogens is 4. The van der Waals surface area contributed by atoms with Crippen LogP contribution in [0.2, 0.25) is 0 Å². The number of rotatable bonds is 7. The van der Waals surface area contributed by atoms with E-state index in [-0.39, 0.29) is 23.9 Å². The van der Waals surface area contributed by atoms with E-state index in [1.807, 2.05) is 42.5 Å². The van der Waals surface area contributed by atoms with Gasteiger partial charge in [-0.05, 0) is 21.9 Å². The van der Waals surface area contributed by atoms with Gasteiger partial charge in [-0.15, -0.1) is 5.10 Å². The molecule has 150 valence electrons. The highest BCUT2D eigenvalue weighted by Crippen LogP contribution is 2.25. The number of thioether (sulfide) groups is 1. The topological polar surface area (TPSA) is 116 Å². The highest BCUT2D eigenvalue weighted by atomic mass is 32.2. The van der Waals surface area contributed by atoms with Crippen LogP contribution in [-0.2, 0) is 11.3 Å². The van der Waals surface area contributed by atoms with Crippen molar-refractivity contribution in [1.82, 2.24) is 25.5 Å². The quantitative estimate of drug-likeness (QED) is 0.277. The van der Waals surface area contributed by atoms with Gasteiger partial charge >= 0.3 is 0 Å². The first kappa shape index (κ1) is 19.5. The summed E-state index contributed by atoms with van der Waals surface area (Å²) in [5.41, 5.74) is 1.24. The maximum atomic E-state index is 12.3. The van der Waals surface area contributed by atoms with Crippen molar-refractivity contribution in [1.29, 1.82) is 0 Å². The SMILES string of the molecule is O=C(CSc1nnnn1-c1cccc2ccccc12)NCc1ccccc1[N+](=O)[O-]. The maximum Gasteiger partial charge on any atom is 0.274 e. The molecule has 1 aromatic heterocycles. The molecule has 9 nitrogen and oxygen atoms in total. The summed E-state index contributed by atoms with van der Waals surface area (Å²) < 4.78 is 1.60. The zero-order valence-electron chi connectivity index (χ0n) is 15.6. The standard InChI is InChI=1S/C20H16N6O3S/c27-19(21-12-15-7-2-4-10-17(15)26(28)29)13-30-20-22-23-24-25(20)18-11-5-8-14-6-1-3-9-16(14)18/h1-11H,12-13H2,(H,21,27). The Kier molecular flexibility index (Phi) is 5.66. The van der Waals surface area contributed by atoms with E-state index in [0.717, 1.165) is 16.5 Å². The van der Waals surface area contributed by atoms with Crippen molar-refractivity contribution in [2.75, 3.05) is 5.75 Å². The second kappa shape index (κ2) is 8.70. The van der Waals surface area contributed by atoms with Crippen LogP contribution in [0.15, 0.2) is 71.9 Å². The van der Waals surface area contributed by atoms with Crippen LogP contribution in [0, 0.1) is 10.1 Å². The molecule has 0 spiro atoms. The van der Waals surface area contributed by atoms with Gasteiger partial charge < -0.3 is 5.32 Å². The Morgan fingerprint density at radius 2 is 1.83 bits per heavy atom. The molecule has 0 unspecified atom stereocenters. The molecular weight excluding hydrogens is 404 g/mol. The lowest BCUT2D eigenvalue weighted by atomic mass is 10.1. The molecule has 3 aromatic carbocycles. The molecule has 10 heteroatoms. The molecule has 1 N–H and O–H groups in total. The molecular formula is C20H16N6O3S. The first-order valence-corrected chi connectivity index (χ1v) is 10.0. The number of amides is 1. The summed E-state index contributed by atoms with van der Waals surface area (Å²) in [6.07, 6.45) is 0. The summed E-state index contributed by atoms with van der Waals surface area (Å²) in [6, 6.07) is 20.1. The summed E-state index contributed by atoms with van der Waals surface area (Å²) in [6.45, 7) is 0.0742. The fourth-order valence-corrected chi connectivity index (χ4v) is 3.74. The zero-order valence-corrected chi connectivity index (χ0v) is 16.5. The lowest BCUT2D eigenvalue weighted by Crippen LogP contribution is -2.25. The largest absolute Gasteiger partial charge is 0.351 e. The Hall–Kier alpha value is -3.79. The average molecular weight is 420 g/mol. The van der Waals surface area contributed by atoms with Gasteiger partial charge in [0.2, 0.25) is 11.1 Å². The van der Waals surface area contributed by atoms with Gasteiger partial charge in [-0.3, -0.25) is 14.9 Å². The molecule has 0 bridgehead atoms. The molecule has 0 aliphatic rings. The minimum absolute atomic E-state index is 0.0228. The predicted molar refractivity (Wildman–Crippen MR) is 112 cm³/mol. The van der Waals surface area contributed by atoms with Crippen LogP contribution in [0.4, 0.5) is 5.69 Å². The maximum absolute atomic E-state index is 12.3. The molecule has 4 aromatic rings. The van der Waals surface area contributed by atoms with Crippen LogP contribution in [0.1, 0.15) is 5.56 Å². The number of benzene rings is 3. The minimum Gasteiger partial charge on any atom is -0.351 e. The zero-order chi connectivity index (χ0) is 20.9. The van der Waals surface area contributed by atoms with E-state index in [1.165, 1.54) is 17.8 Å². The second-order valence-electron chi connectivity index (χ2n) is 6.32. The van der Waals surface area contributed by atoms with E-state index in [2.05, 4.69) is 20.8 Å². The summed E-state index contributed by atoms with van der Waals surface area (Å²) in [5, 5.41) is 28.1. The smallest absolute Gasteiger partial charge is 0.274 e. The number of carbonyl (C=O) groups excluding carboxylic acids is 1. The van der Waals surface area contributed by atoms with Gasteiger partial charge in [0.25, 0.3) is 5.69 Å². The number of nitrogens with zero attached hydrogens (tertiary/aromatic N) is 5. The van der Waals surface area contributed by atoms with Crippen molar-refractivity contribution in [2.45, 2.75) is 11.7 Å². The van der Waals surface area contributed by atoms with E-state index in [4.69, 9.17) is 0 Å². The Morgan fingerprint density at radius 1 is 1.07 bits per heavy atom. The van der Waals surface area contributed by atoms with Crippen LogP contribution in [-0.4, -0.2) is 36.8 Å². The van der Waals surface area contributed by atoms with E-state index >= 15 is 0 Å². The van der Waals surface area contributed by atoms with E-state index in [1.54, 1.807) is 22.9 Å². The number of hydrogen-bond acceptors (Lipinski definition) is 7. The van der Waals surface area contributed by atoms with Gasteiger partial charge in [-0.1, -0.05) is 66.4 Å². The monoisotopic (exact) mass is 420 g/mol. The summed E-state index contributed by atoms with van der Waals surface area (Å²) in [5.74, 6) is -0.197. The Balaban J connectivity index is 1.44. The van der Waals surface area contributed by atoms with Crippen molar-refractivity contribution in [2.24, 2.45) is 0 Å². The van der Waals surface area contributed by atoms with Crippen molar-refractivity contribution in [3.63, 3.8) is 0 Å².